The van der Waals surface area contributed by atoms with Crippen molar-refractivity contribution in [2.75, 3.05) is 13.1 Å². The summed E-state index contributed by atoms with van der Waals surface area (Å²) in [6, 6.07) is 5.78. The van der Waals surface area contributed by atoms with E-state index in [-0.39, 0.29) is 23.4 Å². The molecule has 1 saturated carbocycles. The smallest absolute Gasteiger partial charge is 0.311 e. The minimum absolute atomic E-state index is 0.0228. The highest BCUT2D eigenvalue weighted by atomic mass is 32.2. The summed E-state index contributed by atoms with van der Waals surface area (Å²) in [6.45, 7) is 2.16. The van der Waals surface area contributed by atoms with Crippen molar-refractivity contribution >= 4 is 21.9 Å². The molecule has 1 aliphatic carbocycles. The molecule has 130 valence electrons. The van der Waals surface area contributed by atoms with Gasteiger partial charge in [-0.1, -0.05) is 0 Å². The van der Waals surface area contributed by atoms with E-state index in [0.717, 1.165) is 12.8 Å². The van der Waals surface area contributed by atoms with Crippen LogP contribution in [-0.2, 0) is 14.8 Å². The average Bonchev–Trinajstić information content (AvgIpc) is 3.24. The number of hydrogen-bond acceptors (Lipinski definition) is 4. The molecule has 8 heteroatoms. The highest BCUT2D eigenvalue weighted by Crippen LogP contribution is 2.31. The molecule has 3 rings (SSSR count). The van der Waals surface area contributed by atoms with Gasteiger partial charge in [-0.2, -0.15) is 0 Å². The molecule has 2 aliphatic rings. The van der Waals surface area contributed by atoms with Crippen LogP contribution in [0.15, 0.2) is 29.2 Å². The van der Waals surface area contributed by atoms with E-state index in [4.69, 9.17) is 0 Å². The lowest BCUT2D eigenvalue weighted by Crippen LogP contribution is -2.34. The van der Waals surface area contributed by atoms with Gasteiger partial charge in [-0.05, 0) is 50.5 Å². The van der Waals surface area contributed by atoms with Gasteiger partial charge < -0.3 is 10.0 Å². The zero-order valence-electron chi connectivity index (χ0n) is 13.4. The molecule has 1 aromatic carbocycles. The van der Waals surface area contributed by atoms with Crippen LogP contribution >= 0.6 is 0 Å². The summed E-state index contributed by atoms with van der Waals surface area (Å²) in [5, 5.41) is 9.23. The quantitative estimate of drug-likeness (QED) is 0.825. The largest absolute Gasteiger partial charge is 0.481 e. The second kappa shape index (κ2) is 5.86. The van der Waals surface area contributed by atoms with Gasteiger partial charge in [0.2, 0.25) is 10.0 Å². The Balaban J connectivity index is 1.72. The minimum Gasteiger partial charge on any atom is -0.481 e. The molecule has 1 aliphatic heterocycles. The number of nitrogens with zero attached hydrogens (tertiary/aromatic N) is 1. The third-order valence-electron chi connectivity index (χ3n) is 4.59. The normalized spacial score (nSPS) is 24.1. The fraction of sp³-hybridized carbons (Fsp3) is 0.500. The highest BCUT2D eigenvalue weighted by Gasteiger charge is 2.42. The summed E-state index contributed by atoms with van der Waals surface area (Å²) in [5.41, 5.74) is -0.567. The van der Waals surface area contributed by atoms with E-state index < -0.39 is 21.4 Å². The Kier molecular flexibility index (Phi) is 4.13. The van der Waals surface area contributed by atoms with Crippen LogP contribution in [0.3, 0.4) is 0 Å². The predicted octanol–water partition coefficient (Wildman–Crippen LogP) is 1.06. The summed E-state index contributed by atoms with van der Waals surface area (Å²) in [5.74, 6) is -1.19. The molecule has 2 N–H and O–H groups in total. The molecule has 1 aromatic rings. The third kappa shape index (κ3) is 3.29. The first kappa shape index (κ1) is 16.9. The molecule has 7 nitrogen and oxygen atoms in total. The van der Waals surface area contributed by atoms with Gasteiger partial charge in [-0.3, -0.25) is 9.59 Å². The molecule has 24 heavy (non-hydrogen) atoms. The average molecular weight is 352 g/mol. The fourth-order valence-electron chi connectivity index (χ4n) is 2.76. The number of sulfonamides is 1. The lowest BCUT2D eigenvalue weighted by Gasteiger charge is -2.20. The van der Waals surface area contributed by atoms with E-state index in [0.29, 0.717) is 18.5 Å². The molecule has 0 bridgehead atoms. The summed E-state index contributed by atoms with van der Waals surface area (Å²) < 4.78 is 26.8. The summed E-state index contributed by atoms with van der Waals surface area (Å²) in [6.07, 6.45) is 2.12. The zero-order valence-corrected chi connectivity index (χ0v) is 14.2. The molecular weight excluding hydrogens is 332 g/mol. The summed E-state index contributed by atoms with van der Waals surface area (Å²) in [7, 11) is -3.54. The van der Waals surface area contributed by atoms with Crippen LogP contribution in [0.2, 0.25) is 0 Å². The van der Waals surface area contributed by atoms with Gasteiger partial charge in [0.15, 0.2) is 0 Å². The standard InChI is InChI=1S/C16H20N2O5S/c1-16(15(20)21)8-9-18(10-16)14(19)11-2-6-13(7-3-11)24(22,23)17-12-4-5-12/h2-3,6-7,12,17H,4-5,8-10H2,1H3,(H,20,21). The fourth-order valence-corrected chi connectivity index (χ4v) is 4.06. The molecule has 1 amide bonds. The number of rotatable bonds is 5. The van der Waals surface area contributed by atoms with Crippen molar-refractivity contribution in [1.29, 1.82) is 0 Å². The molecule has 1 atom stereocenters. The second-order valence-electron chi connectivity index (χ2n) is 6.76. The first-order chi connectivity index (χ1) is 11.2. The van der Waals surface area contributed by atoms with Crippen LogP contribution in [0.4, 0.5) is 0 Å². The maximum Gasteiger partial charge on any atom is 0.311 e. The van der Waals surface area contributed by atoms with Crippen molar-refractivity contribution in [2.24, 2.45) is 5.41 Å². The number of likely N-dealkylation sites (tertiary alicyclic amines) is 1. The van der Waals surface area contributed by atoms with Gasteiger partial charge in [0.05, 0.1) is 10.3 Å². The highest BCUT2D eigenvalue weighted by molar-refractivity contribution is 7.89. The maximum absolute atomic E-state index is 12.5. The van der Waals surface area contributed by atoms with Crippen LogP contribution in [-0.4, -0.2) is 49.4 Å². The van der Waals surface area contributed by atoms with E-state index in [1.807, 2.05) is 0 Å². The molecule has 0 radical (unpaired) electrons. The number of amides is 1. The molecule has 1 heterocycles. The number of nitrogens with one attached hydrogen (secondary N) is 1. The number of carboxylic acids is 1. The van der Waals surface area contributed by atoms with Crippen LogP contribution < -0.4 is 4.72 Å². The van der Waals surface area contributed by atoms with E-state index in [1.165, 1.54) is 29.2 Å². The van der Waals surface area contributed by atoms with Crippen LogP contribution in [0.1, 0.15) is 36.5 Å². The third-order valence-corrected chi connectivity index (χ3v) is 6.12. The molecule has 1 saturated heterocycles. The van der Waals surface area contributed by atoms with Gasteiger partial charge in [0.1, 0.15) is 0 Å². The van der Waals surface area contributed by atoms with Crippen molar-refractivity contribution in [3.05, 3.63) is 29.8 Å². The Labute approximate surface area is 140 Å². The number of hydrogen-bond donors (Lipinski definition) is 2. The van der Waals surface area contributed by atoms with Crippen molar-refractivity contribution in [3.8, 4) is 0 Å². The van der Waals surface area contributed by atoms with E-state index in [2.05, 4.69) is 4.72 Å². The van der Waals surface area contributed by atoms with Crippen LogP contribution in [0.5, 0.6) is 0 Å². The first-order valence-corrected chi connectivity index (χ1v) is 9.35. The van der Waals surface area contributed by atoms with Gasteiger partial charge in [0, 0.05) is 24.7 Å². The zero-order chi connectivity index (χ0) is 17.5. The summed E-state index contributed by atoms with van der Waals surface area (Å²) >= 11 is 0. The van der Waals surface area contributed by atoms with Gasteiger partial charge in [-0.25, -0.2) is 13.1 Å². The molecule has 1 unspecified atom stereocenters. The Morgan fingerprint density at radius 1 is 1.25 bits per heavy atom. The van der Waals surface area contributed by atoms with Crippen molar-refractivity contribution < 1.29 is 23.1 Å². The predicted molar refractivity (Wildman–Crippen MR) is 86.0 cm³/mol. The van der Waals surface area contributed by atoms with E-state index >= 15 is 0 Å². The van der Waals surface area contributed by atoms with Gasteiger partial charge >= 0.3 is 5.97 Å². The Morgan fingerprint density at radius 3 is 2.38 bits per heavy atom. The van der Waals surface area contributed by atoms with Crippen molar-refractivity contribution in [2.45, 2.75) is 37.1 Å². The lowest BCUT2D eigenvalue weighted by molar-refractivity contribution is -0.147. The minimum atomic E-state index is -3.54. The van der Waals surface area contributed by atoms with E-state index in [1.54, 1.807) is 6.92 Å². The monoisotopic (exact) mass is 352 g/mol. The van der Waals surface area contributed by atoms with Gasteiger partial charge in [-0.15, -0.1) is 0 Å². The number of aliphatic carboxylic acids is 1. The Morgan fingerprint density at radius 2 is 1.88 bits per heavy atom. The van der Waals surface area contributed by atoms with Crippen LogP contribution in [0, 0.1) is 5.41 Å². The number of carbonyl (C=O) groups is 2. The maximum atomic E-state index is 12.5. The molecular formula is C16H20N2O5S. The van der Waals surface area contributed by atoms with Gasteiger partial charge in [0.25, 0.3) is 5.91 Å². The number of benzene rings is 1. The SMILES string of the molecule is CC1(C(=O)O)CCN(C(=O)c2ccc(S(=O)(=O)NC3CC3)cc2)C1. The second-order valence-corrected chi connectivity index (χ2v) is 8.48. The Hall–Kier alpha value is -1.93. The number of carbonyl (C=O) groups excluding carboxylic acids is 1. The molecule has 0 spiro atoms. The topological polar surface area (TPSA) is 104 Å². The molecule has 0 aromatic heterocycles. The Bertz CT molecular complexity index is 770. The van der Waals surface area contributed by atoms with Crippen molar-refractivity contribution in [3.63, 3.8) is 0 Å². The summed E-state index contributed by atoms with van der Waals surface area (Å²) in [4.78, 5) is 25.4. The lowest BCUT2D eigenvalue weighted by atomic mass is 9.90. The van der Waals surface area contributed by atoms with Crippen LogP contribution in [0.25, 0.3) is 0 Å². The number of carboxylic acid groups (broad SMARTS) is 1. The molecule has 2 fully saturated rings. The first-order valence-electron chi connectivity index (χ1n) is 7.86. The van der Waals surface area contributed by atoms with E-state index in [9.17, 15) is 23.1 Å². The van der Waals surface area contributed by atoms with Crippen molar-refractivity contribution in [1.82, 2.24) is 9.62 Å².